The molecule has 0 N–H and O–H groups in total. The zero-order valence-corrected chi connectivity index (χ0v) is 14.0. The van der Waals surface area contributed by atoms with Crippen LogP contribution in [-0.2, 0) is 0 Å². The van der Waals surface area contributed by atoms with Gasteiger partial charge in [-0.3, -0.25) is 0 Å². The number of thiazole rings is 1. The van der Waals surface area contributed by atoms with Crippen molar-refractivity contribution in [2.45, 2.75) is 51.5 Å². The van der Waals surface area contributed by atoms with Gasteiger partial charge in [-0.05, 0) is 38.0 Å². The minimum Gasteiger partial charge on any atom is -0.318 e. The fourth-order valence-electron chi connectivity index (χ4n) is 3.10. The highest BCUT2D eigenvalue weighted by molar-refractivity contribution is 7.07. The monoisotopic (exact) mass is 320 g/mol. The zero-order chi connectivity index (χ0) is 14.7. The molecule has 4 heteroatoms. The maximum atomic E-state index is 6.06. The number of hydrogen-bond donors (Lipinski definition) is 0. The minimum absolute atomic E-state index is 0.608. The van der Waals surface area contributed by atoms with Crippen LogP contribution in [0, 0.1) is 6.92 Å². The van der Waals surface area contributed by atoms with Crippen molar-refractivity contribution in [3.63, 3.8) is 0 Å². The molecule has 0 atom stereocenters. The lowest BCUT2D eigenvalue weighted by atomic mass is 10.1. The first kappa shape index (κ1) is 14.9. The van der Waals surface area contributed by atoms with Crippen LogP contribution >= 0.6 is 22.9 Å². The first-order valence-electron chi connectivity index (χ1n) is 7.71. The number of hydrogen-bond acceptors (Lipinski definition) is 2. The topological polar surface area (TPSA) is 17.3 Å². The highest BCUT2D eigenvalue weighted by Gasteiger charge is 2.16. The second kappa shape index (κ2) is 6.80. The van der Waals surface area contributed by atoms with Crippen molar-refractivity contribution in [3.05, 3.63) is 45.2 Å². The molecular formula is C17H21ClN2S. The summed E-state index contributed by atoms with van der Waals surface area (Å²) < 4.78 is 2.44. The Morgan fingerprint density at radius 3 is 2.67 bits per heavy atom. The molecule has 1 heterocycles. The maximum Gasteiger partial charge on any atom is 0.190 e. The van der Waals surface area contributed by atoms with Crippen molar-refractivity contribution in [2.75, 3.05) is 0 Å². The first-order valence-corrected chi connectivity index (χ1v) is 8.97. The number of aromatic nitrogens is 1. The summed E-state index contributed by atoms with van der Waals surface area (Å²) in [5, 5.41) is 2.96. The molecule has 2 aromatic rings. The van der Waals surface area contributed by atoms with Gasteiger partial charge in [-0.15, -0.1) is 11.3 Å². The molecule has 1 fully saturated rings. The summed E-state index contributed by atoms with van der Waals surface area (Å²) in [5.74, 6) is 0. The highest BCUT2D eigenvalue weighted by Crippen LogP contribution is 2.28. The smallest absolute Gasteiger partial charge is 0.190 e. The molecule has 0 saturated heterocycles. The fourth-order valence-corrected chi connectivity index (χ4v) is 4.24. The van der Waals surface area contributed by atoms with Gasteiger partial charge >= 0.3 is 0 Å². The Morgan fingerprint density at radius 1 is 1.19 bits per heavy atom. The Bertz CT molecular complexity index is 663. The lowest BCUT2D eigenvalue weighted by molar-refractivity contribution is 0.428. The molecule has 112 valence electrons. The second-order valence-electron chi connectivity index (χ2n) is 5.77. The first-order chi connectivity index (χ1) is 10.2. The number of rotatable bonds is 2. The van der Waals surface area contributed by atoms with E-state index in [2.05, 4.69) is 16.9 Å². The average Bonchev–Trinajstić information content (AvgIpc) is 2.67. The summed E-state index contributed by atoms with van der Waals surface area (Å²) in [5.41, 5.74) is 2.26. The summed E-state index contributed by atoms with van der Waals surface area (Å²) in [7, 11) is 0. The molecule has 0 bridgehead atoms. The van der Waals surface area contributed by atoms with E-state index in [0.717, 1.165) is 15.5 Å². The van der Waals surface area contributed by atoms with E-state index in [1.54, 1.807) is 11.3 Å². The molecule has 1 aromatic heterocycles. The third kappa shape index (κ3) is 3.58. The minimum atomic E-state index is 0.608. The van der Waals surface area contributed by atoms with E-state index in [1.807, 2.05) is 24.3 Å². The number of halogens is 1. The van der Waals surface area contributed by atoms with Crippen LogP contribution in [0.4, 0.5) is 5.69 Å². The number of nitrogens with zero attached hydrogens (tertiary/aromatic N) is 2. The molecule has 0 unspecified atom stereocenters. The average molecular weight is 321 g/mol. The van der Waals surface area contributed by atoms with E-state index in [4.69, 9.17) is 16.6 Å². The zero-order valence-electron chi connectivity index (χ0n) is 12.4. The van der Waals surface area contributed by atoms with Crippen LogP contribution in [0.5, 0.6) is 0 Å². The van der Waals surface area contributed by atoms with Gasteiger partial charge < -0.3 is 4.57 Å². The molecule has 0 amide bonds. The summed E-state index contributed by atoms with van der Waals surface area (Å²) in [6.07, 6.45) is 7.98. The normalized spacial score (nSPS) is 17.9. The Balaban J connectivity index is 2.00. The van der Waals surface area contributed by atoms with E-state index in [1.165, 1.54) is 44.2 Å². The summed E-state index contributed by atoms with van der Waals surface area (Å²) >= 11 is 7.79. The van der Waals surface area contributed by atoms with Gasteiger partial charge in [0.1, 0.15) is 0 Å². The van der Waals surface area contributed by atoms with Crippen LogP contribution in [0.3, 0.4) is 0 Å². The predicted octanol–water partition coefficient (Wildman–Crippen LogP) is 5.64. The van der Waals surface area contributed by atoms with E-state index in [-0.39, 0.29) is 0 Å². The molecule has 21 heavy (non-hydrogen) atoms. The summed E-state index contributed by atoms with van der Waals surface area (Å²) in [6.45, 7) is 2.19. The standard InChI is InChI=1S/C17H21ClN2S/c1-13-12-21-17(19-15-8-6-7-14(18)11-15)20(13)16-9-4-2-3-5-10-16/h6-8,11-12,16H,2-5,9-10H2,1H3. The molecule has 1 aliphatic rings. The largest absolute Gasteiger partial charge is 0.318 e. The van der Waals surface area contributed by atoms with Gasteiger partial charge in [0, 0.05) is 22.1 Å². The van der Waals surface area contributed by atoms with Gasteiger partial charge in [0.2, 0.25) is 0 Å². The highest BCUT2D eigenvalue weighted by atomic mass is 35.5. The van der Waals surface area contributed by atoms with Crippen LogP contribution < -0.4 is 4.80 Å². The summed E-state index contributed by atoms with van der Waals surface area (Å²) in [4.78, 5) is 5.92. The quantitative estimate of drug-likeness (QED) is 0.637. The number of aryl methyl sites for hydroxylation is 1. The third-order valence-electron chi connectivity index (χ3n) is 4.14. The van der Waals surface area contributed by atoms with Gasteiger partial charge in [-0.25, -0.2) is 4.99 Å². The van der Waals surface area contributed by atoms with Gasteiger partial charge in [0.05, 0.1) is 5.69 Å². The SMILES string of the molecule is Cc1csc(=Nc2cccc(Cl)c2)n1C1CCCCCC1. The van der Waals surface area contributed by atoms with Crippen molar-refractivity contribution in [3.8, 4) is 0 Å². The third-order valence-corrected chi connectivity index (χ3v) is 5.34. The molecule has 2 nitrogen and oxygen atoms in total. The van der Waals surface area contributed by atoms with Crippen LogP contribution in [0.1, 0.15) is 50.3 Å². The van der Waals surface area contributed by atoms with Crippen LogP contribution in [0.2, 0.25) is 5.02 Å². The van der Waals surface area contributed by atoms with Gasteiger partial charge in [0.15, 0.2) is 4.80 Å². The van der Waals surface area contributed by atoms with Gasteiger partial charge in [-0.1, -0.05) is 43.4 Å². The molecule has 1 saturated carbocycles. The molecule has 0 spiro atoms. The van der Waals surface area contributed by atoms with E-state index < -0.39 is 0 Å². The summed E-state index contributed by atoms with van der Waals surface area (Å²) in [6, 6.07) is 8.39. The molecule has 1 aliphatic carbocycles. The van der Waals surface area contributed by atoms with Crippen molar-refractivity contribution in [2.24, 2.45) is 4.99 Å². The Morgan fingerprint density at radius 2 is 1.95 bits per heavy atom. The lowest BCUT2D eigenvalue weighted by Crippen LogP contribution is -2.21. The molecule has 0 aliphatic heterocycles. The van der Waals surface area contributed by atoms with E-state index >= 15 is 0 Å². The Hall–Kier alpha value is -1.06. The second-order valence-corrected chi connectivity index (χ2v) is 7.04. The van der Waals surface area contributed by atoms with Gasteiger partial charge in [-0.2, -0.15) is 0 Å². The van der Waals surface area contributed by atoms with Gasteiger partial charge in [0.25, 0.3) is 0 Å². The van der Waals surface area contributed by atoms with Crippen molar-refractivity contribution >= 4 is 28.6 Å². The molecule has 0 radical (unpaired) electrons. The fraction of sp³-hybridized carbons (Fsp3) is 0.471. The van der Waals surface area contributed by atoms with E-state index in [9.17, 15) is 0 Å². The van der Waals surface area contributed by atoms with Crippen molar-refractivity contribution in [1.82, 2.24) is 4.57 Å². The maximum absolute atomic E-state index is 6.06. The van der Waals surface area contributed by atoms with Crippen LogP contribution in [-0.4, -0.2) is 4.57 Å². The van der Waals surface area contributed by atoms with Crippen LogP contribution in [0.25, 0.3) is 0 Å². The molecule has 1 aromatic carbocycles. The van der Waals surface area contributed by atoms with E-state index in [0.29, 0.717) is 6.04 Å². The predicted molar refractivity (Wildman–Crippen MR) is 90.5 cm³/mol. The Kier molecular flexibility index (Phi) is 4.81. The van der Waals surface area contributed by atoms with Crippen molar-refractivity contribution < 1.29 is 0 Å². The van der Waals surface area contributed by atoms with Crippen LogP contribution in [0.15, 0.2) is 34.6 Å². The molecular weight excluding hydrogens is 300 g/mol. The lowest BCUT2D eigenvalue weighted by Gasteiger charge is -2.18. The van der Waals surface area contributed by atoms with Crippen molar-refractivity contribution in [1.29, 1.82) is 0 Å². The number of benzene rings is 1. The molecule has 3 rings (SSSR count). The Labute approximate surface area is 135 Å².